The molecule has 3 rings (SSSR count). The summed E-state index contributed by atoms with van der Waals surface area (Å²) >= 11 is 1.82. The molecule has 212 valence electrons. The summed E-state index contributed by atoms with van der Waals surface area (Å²) in [4.78, 5) is 0. The van der Waals surface area contributed by atoms with E-state index in [4.69, 9.17) is 0 Å². The van der Waals surface area contributed by atoms with Crippen LogP contribution in [0.2, 0.25) is 10.8 Å². The Labute approximate surface area is 240 Å². The van der Waals surface area contributed by atoms with Crippen molar-refractivity contribution in [2.24, 2.45) is 0 Å². The first-order chi connectivity index (χ1) is 18.6. The van der Waals surface area contributed by atoms with Gasteiger partial charge in [0, 0.05) is 22.8 Å². The molecule has 0 spiro atoms. The standard InChI is InChI=1S/C31H42N2.2C2H5.Ni/c1-4-7-10-15-25-17-13-20-27(22-25)30-24-29(19-12-9-6-3)31(33(30)32)28-21-14-18-26(23-28)16-11-8-5-2;2*1-2;/h13-14,17-18,20-24H,4-12,15-16,19H2,1-3H3;2*1H2,2H3;. The van der Waals surface area contributed by atoms with Gasteiger partial charge in [0.25, 0.3) is 0 Å². The first kappa shape index (κ1) is 32.2. The van der Waals surface area contributed by atoms with Crippen molar-refractivity contribution >= 4 is 11.4 Å². The molecule has 3 heteroatoms. The van der Waals surface area contributed by atoms with Crippen LogP contribution < -0.4 is 0 Å². The van der Waals surface area contributed by atoms with E-state index in [1.165, 1.54) is 83.5 Å². The van der Waals surface area contributed by atoms with Crippen molar-refractivity contribution in [3.63, 3.8) is 0 Å². The minimum atomic E-state index is 0.908. The molecule has 0 N–H and O–H groups in total. The Morgan fingerprint density at radius 2 is 1.13 bits per heavy atom. The molecule has 0 unspecified atom stereocenters. The van der Waals surface area contributed by atoms with Crippen LogP contribution >= 0.6 is 0 Å². The molecule has 0 bridgehead atoms. The van der Waals surface area contributed by atoms with Crippen molar-refractivity contribution in [3.05, 3.63) is 88.0 Å². The molecule has 38 heavy (non-hydrogen) atoms. The van der Waals surface area contributed by atoms with E-state index in [1.54, 1.807) is 0 Å². The Morgan fingerprint density at radius 1 is 0.632 bits per heavy atom. The van der Waals surface area contributed by atoms with Gasteiger partial charge in [-0.05, 0) is 73.9 Å². The van der Waals surface area contributed by atoms with Crippen LogP contribution in [0.25, 0.3) is 16.9 Å². The van der Waals surface area contributed by atoms with E-state index in [0.717, 1.165) is 48.2 Å². The molecule has 2 aromatic carbocycles. The number of rotatable bonds is 16. The molecule has 1 heterocycles. The fourth-order valence-electron chi connectivity index (χ4n) is 4.90. The SMILES string of the molecule is CCCCCC1=C(c2cccc(CCCCC)c2)[N+](=[N-])C(c2cccc(CCCCC)c2)=C1.C[CH2][Ni][CH2]C. The maximum absolute atomic E-state index is 11.4. The molecule has 0 saturated heterocycles. The van der Waals surface area contributed by atoms with E-state index in [-0.39, 0.29) is 0 Å². The van der Waals surface area contributed by atoms with Gasteiger partial charge >= 0.3 is 39.1 Å². The fourth-order valence-corrected chi connectivity index (χ4v) is 5.39. The van der Waals surface area contributed by atoms with E-state index in [9.17, 15) is 5.53 Å². The Kier molecular flexibility index (Phi) is 16.2. The van der Waals surface area contributed by atoms with Crippen LogP contribution in [-0.2, 0) is 27.3 Å². The molecule has 0 aliphatic carbocycles. The molecular formula is C35H52N2Ni. The first-order valence-corrected chi connectivity index (χ1v) is 16.6. The molecule has 0 fully saturated rings. The number of hydrogen-bond donors (Lipinski definition) is 0. The molecular weight excluding hydrogens is 507 g/mol. The van der Waals surface area contributed by atoms with Gasteiger partial charge in [0.1, 0.15) is 0 Å². The Balaban J connectivity index is 0.000000926. The third-order valence-electron chi connectivity index (χ3n) is 6.98. The molecule has 0 radical (unpaired) electrons. The second-order valence-electron chi connectivity index (χ2n) is 10.1. The van der Waals surface area contributed by atoms with Crippen LogP contribution in [0.4, 0.5) is 0 Å². The summed E-state index contributed by atoms with van der Waals surface area (Å²) in [6.07, 6.45) is 16.4. The number of aryl methyl sites for hydroxylation is 2. The monoisotopic (exact) mass is 558 g/mol. The van der Waals surface area contributed by atoms with Crippen molar-refractivity contribution in [2.75, 3.05) is 0 Å². The van der Waals surface area contributed by atoms with Gasteiger partial charge < -0.3 is 5.53 Å². The summed E-state index contributed by atoms with van der Waals surface area (Å²) in [7, 11) is 0. The number of benzene rings is 2. The molecule has 0 atom stereocenters. The van der Waals surface area contributed by atoms with Gasteiger partial charge in [-0.3, -0.25) is 0 Å². The van der Waals surface area contributed by atoms with Crippen molar-refractivity contribution in [3.8, 4) is 0 Å². The van der Waals surface area contributed by atoms with Crippen molar-refractivity contribution in [1.82, 2.24) is 0 Å². The Bertz CT molecular complexity index is 1030. The molecule has 0 aromatic heterocycles. The van der Waals surface area contributed by atoms with E-state index in [2.05, 4.69) is 89.2 Å². The molecule has 1 aliphatic heterocycles. The van der Waals surface area contributed by atoms with Crippen molar-refractivity contribution in [2.45, 2.75) is 122 Å². The van der Waals surface area contributed by atoms with Crippen LogP contribution in [0.15, 0.2) is 60.2 Å². The normalized spacial score (nSPS) is 13.1. The van der Waals surface area contributed by atoms with Gasteiger partial charge in [-0.15, -0.1) is 0 Å². The van der Waals surface area contributed by atoms with Crippen molar-refractivity contribution in [1.29, 1.82) is 0 Å². The molecule has 2 aromatic rings. The van der Waals surface area contributed by atoms with Crippen LogP contribution in [0.5, 0.6) is 0 Å². The van der Waals surface area contributed by atoms with Gasteiger partial charge in [0.15, 0.2) is 0 Å². The predicted molar refractivity (Wildman–Crippen MR) is 163 cm³/mol. The Hall–Kier alpha value is -1.99. The number of nitrogens with zero attached hydrogens (tertiary/aromatic N) is 2. The topological polar surface area (TPSA) is 25.3 Å². The van der Waals surface area contributed by atoms with Crippen LogP contribution in [0.3, 0.4) is 0 Å². The van der Waals surface area contributed by atoms with E-state index >= 15 is 0 Å². The first-order valence-electron chi connectivity index (χ1n) is 15.2. The Morgan fingerprint density at radius 3 is 1.63 bits per heavy atom. The summed E-state index contributed by atoms with van der Waals surface area (Å²) in [5, 5.41) is 2.56. The summed E-state index contributed by atoms with van der Waals surface area (Å²) in [5.74, 6) is 0. The number of hydrogen-bond acceptors (Lipinski definition) is 0. The fraction of sp³-hybridized carbons (Fsp3) is 0.543. The van der Waals surface area contributed by atoms with Gasteiger partial charge in [-0.2, -0.15) is 0 Å². The molecule has 0 amide bonds. The molecule has 2 nitrogen and oxygen atoms in total. The zero-order chi connectivity index (χ0) is 27.6. The summed E-state index contributed by atoms with van der Waals surface area (Å²) in [6, 6.07) is 17.5. The van der Waals surface area contributed by atoms with Crippen LogP contribution in [0.1, 0.15) is 121 Å². The zero-order valence-electron chi connectivity index (χ0n) is 24.8. The average Bonchev–Trinajstić information content (AvgIpc) is 3.26. The maximum atomic E-state index is 11.4. The van der Waals surface area contributed by atoms with Gasteiger partial charge in [0.2, 0.25) is 11.4 Å². The quantitative estimate of drug-likeness (QED) is 0.111. The summed E-state index contributed by atoms with van der Waals surface area (Å²) in [6.45, 7) is 11.1. The summed E-state index contributed by atoms with van der Waals surface area (Å²) in [5.41, 5.74) is 19.5. The third kappa shape index (κ3) is 10.6. The van der Waals surface area contributed by atoms with Gasteiger partial charge in [0.05, 0.1) is 0 Å². The second kappa shape index (κ2) is 19.1. The third-order valence-corrected chi connectivity index (χ3v) is 7.97. The zero-order valence-corrected chi connectivity index (χ0v) is 25.8. The van der Waals surface area contributed by atoms with E-state index in [1.807, 2.05) is 14.4 Å². The number of unbranched alkanes of at least 4 members (excludes halogenated alkanes) is 6. The average molecular weight is 560 g/mol. The van der Waals surface area contributed by atoms with Crippen molar-refractivity contribution < 1.29 is 19.1 Å². The van der Waals surface area contributed by atoms with E-state index in [0.29, 0.717) is 0 Å². The van der Waals surface area contributed by atoms with Crippen LogP contribution in [-0.4, -0.2) is 4.70 Å². The summed E-state index contributed by atoms with van der Waals surface area (Å²) < 4.78 is 1.46. The second-order valence-corrected chi connectivity index (χ2v) is 12.0. The molecule has 0 saturated carbocycles. The number of allylic oxidation sites excluding steroid dienone is 2. The minimum absolute atomic E-state index is 0.908. The van der Waals surface area contributed by atoms with Crippen LogP contribution in [0, 0.1) is 0 Å². The van der Waals surface area contributed by atoms with Gasteiger partial charge in [-0.1, -0.05) is 83.6 Å². The molecule has 1 aliphatic rings. The van der Waals surface area contributed by atoms with Gasteiger partial charge in [-0.25, -0.2) is 4.70 Å². The van der Waals surface area contributed by atoms with E-state index < -0.39 is 0 Å². The predicted octanol–water partition coefficient (Wildman–Crippen LogP) is 11.5.